The van der Waals surface area contributed by atoms with Crippen LogP contribution in [-0.2, 0) is 4.79 Å². The second-order valence-electron chi connectivity index (χ2n) is 4.97. The van der Waals surface area contributed by atoms with Gasteiger partial charge in [-0.15, -0.1) is 0 Å². The van der Waals surface area contributed by atoms with Gasteiger partial charge in [0.1, 0.15) is 0 Å². The van der Waals surface area contributed by atoms with Gasteiger partial charge in [0.15, 0.2) is 0 Å². The molecule has 21 heavy (non-hydrogen) atoms. The lowest BCUT2D eigenvalue weighted by Crippen LogP contribution is -2.37. The van der Waals surface area contributed by atoms with Crippen LogP contribution >= 0.6 is 0 Å². The first-order valence-electron chi connectivity index (χ1n) is 6.77. The van der Waals surface area contributed by atoms with E-state index in [1.807, 2.05) is 0 Å². The fourth-order valence-corrected chi connectivity index (χ4v) is 2.00. The molecule has 0 saturated heterocycles. The molecule has 0 unspecified atom stereocenters. The number of aliphatic carboxylic acids is 1. The van der Waals surface area contributed by atoms with Crippen LogP contribution in [-0.4, -0.2) is 35.1 Å². The molecule has 0 atom stereocenters. The summed E-state index contributed by atoms with van der Waals surface area (Å²) in [4.78, 5) is 24.3. The number of nitrogens with zero attached hydrogens (tertiary/aromatic N) is 1. The third-order valence-corrected chi connectivity index (χ3v) is 3.30. The highest BCUT2D eigenvalue weighted by atomic mass is 16.4. The van der Waals surface area contributed by atoms with Gasteiger partial charge in [-0.05, 0) is 37.1 Å². The first-order chi connectivity index (χ1) is 10.0. The van der Waals surface area contributed by atoms with E-state index < -0.39 is 5.97 Å². The molecular formula is C16H18N2O3. The van der Waals surface area contributed by atoms with Crippen molar-refractivity contribution in [2.75, 3.05) is 18.4 Å². The number of benzene rings is 1. The Labute approximate surface area is 123 Å². The SMILES string of the molecule is CC1=CCN(C(=O)Nc2ccc(/C=C/C(=O)O)cc2)CC1. The zero-order valence-corrected chi connectivity index (χ0v) is 11.9. The summed E-state index contributed by atoms with van der Waals surface area (Å²) in [6, 6.07) is 6.91. The van der Waals surface area contributed by atoms with Gasteiger partial charge in [-0.3, -0.25) is 0 Å². The predicted octanol–water partition coefficient (Wildman–Crippen LogP) is 2.97. The van der Waals surface area contributed by atoms with Crippen molar-refractivity contribution in [1.29, 1.82) is 0 Å². The quantitative estimate of drug-likeness (QED) is 0.663. The molecule has 2 rings (SSSR count). The van der Waals surface area contributed by atoms with Crippen LogP contribution in [0.3, 0.4) is 0 Å². The fraction of sp³-hybridized carbons (Fsp3) is 0.250. The number of hydrogen-bond acceptors (Lipinski definition) is 2. The van der Waals surface area contributed by atoms with Gasteiger partial charge in [-0.25, -0.2) is 9.59 Å². The first-order valence-corrected chi connectivity index (χ1v) is 6.77. The predicted molar refractivity (Wildman–Crippen MR) is 82.1 cm³/mol. The van der Waals surface area contributed by atoms with Gasteiger partial charge in [0.2, 0.25) is 0 Å². The second kappa shape index (κ2) is 6.74. The zero-order chi connectivity index (χ0) is 15.2. The number of rotatable bonds is 3. The molecule has 0 saturated carbocycles. The minimum absolute atomic E-state index is 0.118. The molecule has 0 spiro atoms. The summed E-state index contributed by atoms with van der Waals surface area (Å²) in [6.45, 7) is 3.43. The van der Waals surface area contributed by atoms with Crippen LogP contribution in [0.4, 0.5) is 10.5 Å². The number of amides is 2. The van der Waals surface area contributed by atoms with Gasteiger partial charge in [-0.2, -0.15) is 0 Å². The van der Waals surface area contributed by atoms with Crippen molar-refractivity contribution in [1.82, 2.24) is 4.90 Å². The van der Waals surface area contributed by atoms with Crippen molar-refractivity contribution in [2.24, 2.45) is 0 Å². The van der Waals surface area contributed by atoms with Crippen molar-refractivity contribution in [2.45, 2.75) is 13.3 Å². The van der Waals surface area contributed by atoms with Gasteiger partial charge in [0.05, 0.1) is 0 Å². The molecular weight excluding hydrogens is 268 g/mol. The summed E-state index contributed by atoms with van der Waals surface area (Å²) in [7, 11) is 0. The molecule has 1 heterocycles. The summed E-state index contributed by atoms with van der Waals surface area (Å²) in [5.74, 6) is -0.985. The van der Waals surface area contributed by atoms with E-state index in [0.29, 0.717) is 12.2 Å². The van der Waals surface area contributed by atoms with Gasteiger partial charge in [-0.1, -0.05) is 23.8 Å². The van der Waals surface area contributed by atoms with Crippen LogP contribution in [0.2, 0.25) is 0 Å². The Morgan fingerprint density at radius 3 is 2.57 bits per heavy atom. The number of carbonyl (C=O) groups excluding carboxylic acids is 1. The van der Waals surface area contributed by atoms with Gasteiger partial charge < -0.3 is 15.3 Å². The second-order valence-corrected chi connectivity index (χ2v) is 4.97. The van der Waals surface area contributed by atoms with E-state index in [0.717, 1.165) is 24.6 Å². The van der Waals surface area contributed by atoms with Crippen molar-refractivity contribution >= 4 is 23.8 Å². The minimum Gasteiger partial charge on any atom is -0.478 e. The maximum atomic E-state index is 12.1. The Hall–Kier alpha value is -2.56. The first kappa shape index (κ1) is 14.8. The van der Waals surface area contributed by atoms with E-state index >= 15 is 0 Å². The van der Waals surface area contributed by atoms with Gasteiger partial charge in [0.25, 0.3) is 0 Å². The number of hydrogen-bond donors (Lipinski definition) is 2. The largest absolute Gasteiger partial charge is 0.478 e. The summed E-state index contributed by atoms with van der Waals surface area (Å²) in [6.07, 6.45) is 5.55. The van der Waals surface area contributed by atoms with Gasteiger partial charge >= 0.3 is 12.0 Å². The molecule has 0 aromatic heterocycles. The Bertz CT molecular complexity index is 588. The Morgan fingerprint density at radius 2 is 2.00 bits per heavy atom. The minimum atomic E-state index is -0.985. The molecule has 0 radical (unpaired) electrons. The summed E-state index contributed by atoms with van der Waals surface area (Å²) in [5, 5.41) is 11.4. The van der Waals surface area contributed by atoms with Crippen LogP contribution in [0.15, 0.2) is 42.0 Å². The van der Waals surface area contributed by atoms with Crippen LogP contribution in [0.5, 0.6) is 0 Å². The van der Waals surface area contributed by atoms with E-state index in [4.69, 9.17) is 5.11 Å². The molecule has 1 aliphatic rings. The molecule has 110 valence electrons. The number of carbonyl (C=O) groups is 2. The number of carboxylic acids is 1. The molecule has 2 N–H and O–H groups in total. The number of urea groups is 1. The molecule has 2 amide bonds. The van der Waals surface area contributed by atoms with E-state index in [2.05, 4.69) is 18.3 Å². The third-order valence-electron chi connectivity index (χ3n) is 3.30. The number of anilines is 1. The number of carboxylic acid groups (broad SMARTS) is 1. The summed E-state index contributed by atoms with van der Waals surface area (Å²) < 4.78 is 0. The fourth-order valence-electron chi connectivity index (χ4n) is 2.00. The maximum absolute atomic E-state index is 12.1. The monoisotopic (exact) mass is 286 g/mol. The lowest BCUT2D eigenvalue weighted by atomic mass is 10.1. The molecule has 5 nitrogen and oxygen atoms in total. The summed E-state index contributed by atoms with van der Waals surface area (Å²) in [5.41, 5.74) is 2.78. The molecule has 1 aromatic carbocycles. The average Bonchev–Trinajstić information content (AvgIpc) is 2.47. The van der Waals surface area contributed by atoms with E-state index in [1.54, 1.807) is 29.2 Å². The normalized spacial score (nSPS) is 14.9. The molecule has 1 aromatic rings. The Kier molecular flexibility index (Phi) is 4.77. The molecule has 0 fully saturated rings. The van der Waals surface area contributed by atoms with E-state index in [1.165, 1.54) is 11.6 Å². The number of nitrogens with one attached hydrogen (secondary N) is 1. The van der Waals surface area contributed by atoms with E-state index in [-0.39, 0.29) is 6.03 Å². The van der Waals surface area contributed by atoms with Crippen LogP contribution < -0.4 is 5.32 Å². The zero-order valence-electron chi connectivity index (χ0n) is 11.9. The Balaban J connectivity index is 1.94. The lowest BCUT2D eigenvalue weighted by molar-refractivity contribution is -0.131. The van der Waals surface area contributed by atoms with E-state index in [9.17, 15) is 9.59 Å². The maximum Gasteiger partial charge on any atom is 0.328 e. The van der Waals surface area contributed by atoms with Crippen molar-refractivity contribution in [3.8, 4) is 0 Å². The van der Waals surface area contributed by atoms with Crippen LogP contribution in [0, 0.1) is 0 Å². The van der Waals surface area contributed by atoms with Crippen molar-refractivity contribution < 1.29 is 14.7 Å². The smallest absolute Gasteiger partial charge is 0.328 e. The van der Waals surface area contributed by atoms with Gasteiger partial charge in [0, 0.05) is 24.9 Å². The van der Waals surface area contributed by atoms with Crippen LogP contribution in [0.1, 0.15) is 18.9 Å². The molecule has 0 bridgehead atoms. The highest BCUT2D eigenvalue weighted by Gasteiger charge is 2.15. The molecule has 0 aliphatic carbocycles. The topological polar surface area (TPSA) is 69.6 Å². The highest BCUT2D eigenvalue weighted by Crippen LogP contribution is 2.14. The van der Waals surface area contributed by atoms with Crippen molar-refractivity contribution in [3.63, 3.8) is 0 Å². The highest BCUT2D eigenvalue weighted by molar-refractivity contribution is 5.90. The third kappa shape index (κ3) is 4.49. The van der Waals surface area contributed by atoms with Crippen LogP contribution in [0.25, 0.3) is 6.08 Å². The van der Waals surface area contributed by atoms with Crippen molar-refractivity contribution in [3.05, 3.63) is 47.6 Å². The standard InChI is InChI=1S/C16H18N2O3/c1-12-8-10-18(11-9-12)16(21)17-14-5-2-13(3-6-14)4-7-15(19)20/h2-8H,9-11H2,1H3,(H,17,21)(H,19,20)/b7-4+. The Morgan fingerprint density at radius 1 is 1.29 bits per heavy atom. The molecule has 1 aliphatic heterocycles. The average molecular weight is 286 g/mol. The lowest BCUT2D eigenvalue weighted by Gasteiger charge is -2.25. The summed E-state index contributed by atoms with van der Waals surface area (Å²) >= 11 is 0. The molecule has 5 heteroatoms.